The van der Waals surface area contributed by atoms with Crippen LogP contribution >= 0.6 is 11.6 Å². The fourth-order valence-electron chi connectivity index (χ4n) is 3.30. The molecule has 0 saturated heterocycles. The van der Waals surface area contributed by atoms with E-state index < -0.39 is 0 Å². The van der Waals surface area contributed by atoms with Crippen LogP contribution < -0.4 is 16.4 Å². The molecule has 0 unspecified atom stereocenters. The van der Waals surface area contributed by atoms with Gasteiger partial charge in [-0.25, -0.2) is 9.97 Å². The number of halogens is 1. The summed E-state index contributed by atoms with van der Waals surface area (Å²) in [6, 6.07) is 24.0. The van der Waals surface area contributed by atoms with E-state index >= 15 is 0 Å². The summed E-state index contributed by atoms with van der Waals surface area (Å²) < 4.78 is 0. The minimum Gasteiger partial charge on any atom is -0.370 e. The number of nitrogens with zero attached hydrogens (tertiary/aromatic N) is 4. The highest BCUT2D eigenvalue weighted by atomic mass is 35.5. The smallest absolute Gasteiger partial charge is 0.253 e. The first kappa shape index (κ1) is 19.7. The second-order valence-corrected chi connectivity index (χ2v) is 7.40. The van der Waals surface area contributed by atoms with Gasteiger partial charge in [-0.3, -0.25) is 0 Å². The van der Waals surface area contributed by atoms with E-state index in [1.807, 2.05) is 42.5 Å². The van der Waals surface area contributed by atoms with E-state index in [2.05, 4.69) is 51.2 Å². The normalized spacial score (nSPS) is 10.7. The molecule has 0 fully saturated rings. The molecule has 4 rings (SSSR count). The van der Waals surface area contributed by atoms with Crippen LogP contribution in [0.5, 0.6) is 0 Å². The van der Waals surface area contributed by atoms with Crippen LogP contribution in [-0.2, 0) is 6.54 Å². The van der Waals surface area contributed by atoms with Gasteiger partial charge in [-0.2, -0.15) is 4.99 Å². The van der Waals surface area contributed by atoms with Crippen molar-refractivity contribution in [1.29, 1.82) is 0 Å². The molecule has 0 radical (unpaired) electrons. The van der Waals surface area contributed by atoms with Gasteiger partial charge < -0.3 is 16.4 Å². The second-order valence-electron chi connectivity index (χ2n) is 6.96. The number of benzene rings is 3. The maximum atomic E-state index is 6.22. The van der Waals surface area contributed by atoms with Crippen LogP contribution in [0.3, 0.4) is 0 Å². The molecule has 0 aliphatic heterocycles. The van der Waals surface area contributed by atoms with Crippen molar-refractivity contribution >= 4 is 40.1 Å². The van der Waals surface area contributed by atoms with Crippen molar-refractivity contribution in [3.05, 3.63) is 83.4 Å². The predicted molar refractivity (Wildman–Crippen MR) is 124 cm³/mol. The Morgan fingerprint density at radius 3 is 2.40 bits per heavy atom. The maximum Gasteiger partial charge on any atom is 0.253 e. The molecule has 1 heterocycles. The van der Waals surface area contributed by atoms with Gasteiger partial charge in [0.1, 0.15) is 0 Å². The average Bonchev–Trinajstić information content (AvgIpc) is 2.74. The number of nitrogens with two attached hydrogens (primary N) is 2. The Kier molecular flexibility index (Phi) is 5.50. The van der Waals surface area contributed by atoms with E-state index in [9.17, 15) is 0 Å². The molecule has 0 bridgehead atoms. The summed E-state index contributed by atoms with van der Waals surface area (Å²) in [4.78, 5) is 15.2. The van der Waals surface area contributed by atoms with Crippen molar-refractivity contribution in [2.45, 2.75) is 6.54 Å². The lowest BCUT2D eigenvalue weighted by Gasteiger charge is -2.20. The lowest BCUT2D eigenvalue weighted by atomic mass is 10.1. The largest absolute Gasteiger partial charge is 0.370 e. The lowest BCUT2D eigenvalue weighted by molar-refractivity contribution is 0.923. The molecule has 4 N–H and O–H groups in total. The van der Waals surface area contributed by atoms with Crippen LogP contribution in [-0.4, -0.2) is 23.0 Å². The quantitative estimate of drug-likeness (QED) is 0.369. The fourth-order valence-corrected chi connectivity index (χ4v) is 3.47. The summed E-state index contributed by atoms with van der Waals surface area (Å²) in [6.07, 6.45) is 0. The van der Waals surface area contributed by atoms with Gasteiger partial charge in [0.25, 0.3) is 5.95 Å². The monoisotopic (exact) mass is 416 g/mol. The molecular formula is C23H21ClN6. The predicted octanol–water partition coefficient (Wildman–Crippen LogP) is 4.49. The van der Waals surface area contributed by atoms with Gasteiger partial charge in [0.2, 0.25) is 0 Å². The number of hydrogen-bond acceptors (Lipinski definition) is 4. The Bertz CT molecular complexity index is 1200. The van der Waals surface area contributed by atoms with Crippen molar-refractivity contribution in [2.75, 3.05) is 11.9 Å². The molecule has 3 aromatic carbocycles. The third-order valence-corrected chi connectivity index (χ3v) is 4.95. The van der Waals surface area contributed by atoms with E-state index in [0.717, 1.165) is 34.4 Å². The van der Waals surface area contributed by atoms with E-state index in [4.69, 9.17) is 23.1 Å². The first-order chi connectivity index (χ1) is 14.5. The summed E-state index contributed by atoms with van der Waals surface area (Å²) in [5, 5.41) is 1.45. The summed E-state index contributed by atoms with van der Waals surface area (Å²) in [6.45, 7) is 0.820. The molecule has 0 aliphatic rings. The van der Waals surface area contributed by atoms with Crippen molar-refractivity contribution in [3.63, 3.8) is 0 Å². The van der Waals surface area contributed by atoms with Gasteiger partial charge >= 0.3 is 0 Å². The van der Waals surface area contributed by atoms with Gasteiger partial charge in [-0.15, -0.1) is 0 Å². The number of anilines is 1. The highest BCUT2D eigenvalue weighted by Gasteiger charge is 2.11. The highest BCUT2D eigenvalue weighted by Crippen LogP contribution is 2.31. The van der Waals surface area contributed by atoms with Crippen molar-refractivity contribution < 1.29 is 0 Å². The summed E-state index contributed by atoms with van der Waals surface area (Å²) in [7, 11) is 2.07. The molecule has 0 spiro atoms. The molecule has 6 nitrogen and oxygen atoms in total. The standard InChI is InChI=1S/C23H21ClN6/c1-30(14-15-5-3-2-4-6-15)18-10-7-16(8-11-18)21-19-13-17(24)9-12-20(19)27-23(28-21)29-22(25)26/h2-13H,14H2,1H3,(H4,25,26,27,28,29). The molecule has 0 atom stereocenters. The van der Waals surface area contributed by atoms with Gasteiger partial charge in [-0.05, 0) is 35.9 Å². The summed E-state index contributed by atoms with van der Waals surface area (Å²) in [5.41, 5.74) is 15.8. The summed E-state index contributed by atoms with van der Waals surface area (Å²) in [5.74, 6) is 0.122. The van der Waals surface area contributed by atoms with Gasteiger partial charge in [0, 0.05) is 35.3 Å². The minimum absolute atomic E-state index is 0.0906. The van der Waals surface area contributed by atoms with E-state index in [-0.39, 0.29) is 11.9 Å². The van der Waals surface area contributed by atoms with E-state index in [1.165, 1.54) is 5.56 Å². The first-order valence-corrected chi connectivity index (χ1v) is 9.80. The van der Waals surface area contributed by atoms with Crippen molar-refractivity contribution in [2.24, 2.45) is 16.5 Å². The number of rotatable bonds is 5. The van der Waals surface area contributed by atoms with Gasteiger partial charge in [0.15, 0.2) is 5.96 Å². The number of aromatic nitrogens is 2. The average molecular weight is 417 g/mol. The van der Waals surface area contributed by atoms with Crippen molar-refractivity contribution in [1.82, 2.24) is 9.97 Å². The Hall–Kier alpha value is -3.64. The molecule has 1 aromatic heterocycles. The zero-order valence-corrected chi connectivity index (χ0v) is 17.2. The zero-order chi connectivity index (χ0) is 21.1. The Morgan fingerprint density at radius 2 is 1.70 bits per heavy atom. The third-order valence-electron chi connectivity index (χ3n) is 4.72. The number of fused-ring (bicyclic) bond motifs is 1. The Morgan fingerprint density at radius 1 is 0.967 bits per heavy atom. The topological polar surface area (TPSA) is 93.4 Å². The maximum absolute atomic E-state index is 6.22. The molecule has 7 heteroatoms. The second kappa shape index (κ2) is 8.39. The highest BCUT2D eigenvalue weighted by molar-refractivity contribution is 6.31. The number of hydrogen-bond donors (Lipinski definition) is 2. The number of guanidine groups is 1. The van der Waals surface area contributed by atoms with Crippen LogP contribution in [0.25, 0.3) is 22.2 Å². The lowest BCUT2D eigenvalue weighted by Crippen LogP contribution is -2.22. The third kappa shape index (κ3) is 4.34. The molecule has 0 saturated carbocycles. The molecule has 4 aromatic rings. The number of aliphatic imine (C=N–C) groups is 1. The molecular weight excluding hydrogens is 396 g/mol. The Balaban J connectivity index is 1.71. The zero-order valence-electron chi connectivity index (χ0n) is 16.5. The van der Waals surface area contributed by atoms with Crippen LogP contribution in [0.2, 0.25) is 5.02 Å². The van der Waals surface area contributed by atoms with E-state index in [1.54, 1.807) is 6.07 Å². The van der Waals surface area contributed by atoms with Gasteiger partial charge in [0.05, 0.1) is 11.2 Å². The Labute approximate surface area is 179 Å². The van der Waals surface area contributed by atoms with Gasteiger partial charge in [-0.1, -0.05) is 54.1 Å². The molecule has 30 heavy (non-hydrogen) atoms. The molecule has 150 valence electrons. The van der Waals surface area contributed by atoms with Crippen molar-refractivity contribution in [3.8, 4) is 11.3 Å². The fraction of sp³-hybridized carbons (Fsp3) is 0.0870. The van der Waals surface area contributed by atoms with Crippen LogP contribution in [0, 0.1) is 0 Å². The summed E-state index contributed by atoms with van der Waals surface area (Å²) >= 11 is 6.22. The van der Waals surface area contributed by atoms with E-state index in [0.29, 0.717) is 5.02 Å². The van der Waals surface area contributed by atoms with Crippen LogP contribution in [0.15, 0.2) is 77.8 Å². The SMILES string of the molecule is CN(Cc1ccccc1)c1ccc(-c2nc(N=C(N)N)nc3ccc(Cl)cc23)cc1. The molecule has 0 amide bonds. The minimum atomic E-state index is -0.0906. The van der Waals surface area contributed by atoms with Crippen LogP contribution in [0.1, 0.15) is 5.56 Å². The first-order valence-electron chi connectivity index (χ1n) is 9.42. The molecule has 0 aliphatic carbocycles. The van der Waals surface area contributed by atoms with Crippen LogP contribution in [0.4, 0.5) is 11.6 Å².